The molecule has 2 aromatic rings. The van der Waals surface area contributed by atoms with E-state index in [1.807, 2.05) is 0 Å². The zero-order chi connectivity index (χ0) is 18.3. The van der Waals surface area contributed by atoms with E-state index in [4.69, 9.17) is 0 Å². The van der Waals surface area contributed by atoms with Crippen molar-refractivity contribution in [3.05, 3.63) is 60.2 Å². The molecule has 0 N–H and O–H groups in total. The van der Waals surface area contributed by atoms with Gasteiger partial charge >= 0.3 is 0 Å². The molecule has 0 unspecified atom stereocenters. The van der Waals surface area contributed by atoms with Gasteiger partial charge < -0.3 is 0 Å². The zero-order valence-electron chi connectivity index (χ0n) is 16.9. The second kappa shape index (κ2) is 13.6. The lowest BCUT2D eigenvalue weighted by atomic mass is 10.0. The fourth-order valence-electron chi connectivity index (χ4n) is 3.63. The van der Waals surface area contributed by atoms with Gasteiger partial charge in [0.15, 0.2) is 0 Å². The van der Waals surface area contributed by atoms with Crippen LogP contribution in [0.25, 0.3) is 10.8 Å². The Bertz CT molecular complexity index is 623. The highest BCUT2D eigenvalue weighted by atomic mass is 14.0. The summed E-state index contributed by atoms with van der Waals surface area (Å²) in [7, 11) is 0. The first kappa shape index (κ1) is 20.7. The highest BCUT2D eigenvalue weighted by Gasteiger charge is 1.97. The largest absolute Gasteiger partial charge is 0.0885 e. The second-order valence-electron chi connectivity index (χ2n) is 7.66. The van der Waals surface area contributed by atoms with Crippen LogP contribution in [0.5, 0.6) is 0 Å². The molecule has 0 fully saturated rings. The number of allylic oxidation sites excluding steroid dienone is 2. The van der Waals surface area contributed by atoms with Crippen LogP contribution in [-0.2, 0) is 6.42 Å². The Balaban J connectivity index is 1.42. The van der Waals surface area contributed by atoms with Gasteiger partial charge in [-0.15, -0.1) is 0 Å². The molecule has 0 bridgehead atoms. The third-order valence-electron chi connectivity index (χ3n) is 5.27. The highest BCUT2D eigenvalue weighted by molar-refractivity contribution is 5.82. The molecule has 2 rings (SSSR count). The van der Waals surface area contributed by atoms with Crippen molar-refractivity contribution in [1.82, 2.24) is 0 Å². The molecule has 0 saturated heterocycles. The van der Waals surface area contributed by atoms with Gasteiger partial charge in [-0.1, -0.05) is 113 Å². The quantitative estimate of drug-likeness (QED) is 0.236. The van der Waals surface area contributed by atoms with Gasteiger partial charge in [-0.3, -0.25) is 0 Å². The summed E-state index contributed by atoms with van der Waals surface area (Å²) in [4.78, 5) is 0. The number of rotatable bonds is 14. The highest BCUT2D eigenvalue weighted by Crippen LogP contribution is 2.18. The monoisotopic (exact) mass is 350 g/mol. The van der Waals surface area contributed by atoms with Crippen molar-refractivity contribution in [2.75, 3.05) is 0 Å². The Hall–Kier alpha value is -1.56. The van der Waals surface area contributed by atoms with E-state index in [2.05, 4.69) is 61.5 Å². The molecule has 0 heterocycles. The summed E-state index contributed by atoms with van der Waals surface area (Å²) in [5, 5.41) is 2.74. The van der Waals surface area contributed by atoms with Crippen LogP contribution in [0.2, 0.25) is 0 Å². The number of unbranched alkanes of at least 4 members (excludes halogenated alkanes) is 10. The molecule has 142 valence electrons. The second-order valence-corrected chi connectivity index (χ2v) is 7.66. The van der Waals surface area contributed by atoms with Gasteiger partial charge in [-0.2, -0.15) is 0 Å². The third-order valence-corrected chi connectivity index (χ3v) is 5.27. The summed E-state index contributed by atoms with van der Waals surface area (Å²) in [5.74, 6) is 0. The zero-order valence-corrected chi connectivity index (χ0v) is 16.9. The molecular formula is C26H38. The van der Waals surface area contributed by atoms with Crippen LogP contribution in [-0.4, -0.2) is 0 Å². The topological polar surface area (TPSA) is 0 Å². The SMILES string of the molecule is CCC/C=C/CCCCCCCCCCCc1ccc2ccccc2c1. The van der Waals surface area contributed by atoms with Crippen molar-refractivity contribution < 1.29 is 0 Å². The average molecular weight is 351 g/mol. The predicted molar refractivity (Wildman–Crippen MR) is 118 cm³/mol. The van der Waals surface area contributed by atoms with Crippen molar-refractivity contribution in [2.45, 2.75) is 90.4 Å². The molecule has 0 spiro atoms. The van der Waals surface area contributed by atoms with Gasteiger partial charge in [-0.25, -0.2) is 0 Å². The summed E-state index contributed by atoms with van der Waals surface area (Å²) in [5.41, 5.74) is 1.50. The molecule has 0 aromatic heterocycles. The van der Waals surface area contributed by atoms with Gasteiger partial charge in [0.05, 0.1) is 0 Å². The van der Waals surface area contributed by atoms with Crippen molar-refractivity contribution in [3.8, 4) is 0 Å². The van der Waals surface area contributed by atoms with E-state index in [1.165, 1.54) is 99.8 Å². The fraction of sp³-hybridized carbons (Fsp3) is 0.538. The molecular weight excluding hydrogens is 312 g/mol. The minimum absolute atomic E-state index is 1.23. The Morgan fingerprint density at radius 1 is 0.615 bits per heavy atom. The fourth-order valence-corrected chi connectivity index (χ4v) is 3.63. The number of hydrogen-bond acceptors (Lipinski definition) is 0. The van der Waals surface area contributed by atoms with E-state index in [0.717, 1.165) is 0 Å². The van der Waals surface area contributed by atoms with Crippen molar-refractivity contribution in [3.63, 3.8) is 0 Å². The van der Waals surface area contributed by atoms with Crippen LogP contribution >= 0.6 is 0 Å². The Kier molecular flexibility index (Phi) is 10.9. The first-order chi connectivity index (χ1) is 12.9. The molecule has 0 radical (unpaired) electrons. The van der Waals surface area contributed by atoms with Crippen LogP contribution in [0, 0.1) is 0 Å². The third kappa shape index (κ3) is 8.70. The molecule has 0 aliphatic heterocycles. The van der Waals surface area contributed by atoms with E-state index in [1.54, 1.807) is 0 Å². The summed E-state index contributed by atoms with van der Waals surface area (Å²) >= 11 is 0. The smallest absolute Gasteiger partial charge is 0.0181 e. The maximum absolute atomic E-state index is 2.37. The summed E-state index contributed by atoms with van der Waals surface area (Å²) in [6.45, 7) is 2.24. The number of fused-ring (bicyclic) bond motifs is 1. The standard InChI is InChI=1S/C26H38/c1-2-3-4-5-6-7-8-9-10-11-12-13-14-15-18-24-21-22-25-19-16-17-20-26(25)23-24/h4-5,16-17,19-23H,2-3,6-15,18H2,1H3/b5-4+. The molecule has 0 aliphatic rings. The lowest BCUT2D eigenvalue weighted by Gasteiger charge is -2.05. The molecule has 26 heavy (non-hydrogen) atoms. The van der Waals surface area contributed by atoms with Crippen LogP contribution in [0.3, 0.4) is 0 Å². The van der Waals surface area contributed by atoms with Crippen LogP contribution in [0.15, 0.2) is 54.6 Å². The first-order valence-electron chi connectivity index (χ1n) is 11.0. The van der Waals surface area contributed by atoms with E-state index >= 15 is 0 Å². The van der Waals surface area contributed by atoms with E-state index in [-0.39, 0.29) is 0 Å². The van der Waals surface area contributed by atoms with Crippen molar-refractivity contribution in [1.29, 1.82) is 0 Å². The lowest BCUT2D eigenvalue weighted by molar-refractivity contribution is 0.560. The molecule has 0 nitrogen and oxygen atoms in total. The maximum Gasteiger partial charge on any atom is -0.0181 e. The normalized spacial score (nSPS) is 11.6. The molecule has 0 heteroatoms. The summed E-state index contributed by atoms with van der Waals surface area (Å²) < 4.78 is 0. The molecule has 0 aliphatic carbocycles. The van der Waals surface area contributed by atoms with Gasteiger partial charge in [0.25, 0.3) is 0 Å². The first-order valence-corrected chi connectivity index (χ1v) is 11.0. The van der Waals surface area contributed by atoms with E-state index in [9.17, 15) is 0 Å². The number of aryl methyl sites for hydroxylation is 1. The van der Waals surface area contributed by atoms with Crippen molar-refractivity contribution in [2.24, 2.45) is 0 Å². The van der Waals surface area contributed by atoms with Gasteiger partial charge in [0, 0.05) is 0 Å². The minimum atomic E-state index is 1.23. The van der Waals surface area contributed by atoms with Crippen LogP contribution in [0.4, 0.5) is 0 Å². The van der Waals surface area contributed by atoms with Crippen molar-refractivity contribution >= 4 is 10.8 Å². The molecule has 0 atom stereocenters. The molecule has 0 saturated carbocycles. The van der Waals surface area contributed by atoms with Crippen LogP contribution in [0.1, 0.15) is 89.5 Å². The maximum atomic E-state index is 2.37. The lowest BCUT2D eigenvalue weighted by Crippen LogP contribution is -1.87. The van der Waals surface area contributed by atoms with Gasteiger partial charge in [0.2, 0.25) is 0 Å². The molecule has 2 aromatic carbocycles. The molecule has 0 amide bonds. The van der Waals surface area contributed by atoms with Crippen LogP contribution < -0.4 is 0 Å². The predicted octanol–water partition coefficient (Wildman–Crippen LogP) is 8.64. The Morgan fingerprint density at radius 3 is 1.96 bits per heavy atom. The Morgan fingerprint density at radius 2 is 1.23 bits per heavy atom. The van der Waals surface area contributed by atoms with E-state index in [0.29, 0.717) is 0 Å². The Labute approximate surface area is 161 Å². The van der Waals surface area contributed by atoms with Gasteiger partial charge in [0.1, 0.15) is 0 Å². The number of benzene rings is 2. The minimum Gasteiger partial charge on any atom is -0.0885 e. The van der Waals surface area contributed by atoms with E-state index < -0.39 is 0 Å². The number of hydrogen-bond donors (Lipinski definition) is 0. The summed E-state index contributed by atoms with van der Waals surface area (Å²) in [6.07, 6.45) is 22.4. The average Bonchev–Trinajstić information content (AvgIpc) is 2.68. The van der Waals surface area contributed by atoms with Gasteiger partial charge in [-0.05, 0) is 48.4 Å². The summed E-state index contributed by atoms with van der Waals surface area (Å²) in [6, 6.07) is 15.6.